The Kier molecular flexibility index (Phi) is 3.61. The predicted molar refractivity (Wildman–Crippen MR) is 85.3 cm³/mol. The molecule has 1 N–H and O–H groups in total. The van der Waals surface area contributed by atoms with Crippen molar-refractivity contribution in [3.8, 4) is 0 Å². The van der Waals surface area contributed by atoms with Crippen molar-refractivity contribution >= 4 is 5.91 Å². The smallest absolute Gasteiger partial charge is 0.225 e. The van der Waals surface area contributed by atoms with E-state index in [0.29, 0.717) is 19.0 Å². The van der Waals surface area contributed by atoms with E-state index >= 15 is 0 Å². The first-order chi connectivity index (χ1) is 11.2. The standard InChI is InChI=1S/C17H21N5O/c1-21-11-19-9-14(21)10-20-15-7-16(23)22(13-4-5-13)17(15)12-3-2-6-18-8-12/h2-3,6,8-9,11,13,15,17,20H,4-5,7,10H2,1H3/t15-,17+/m1/s1. The lowest BCUT2D eigenvalue weighted by atomic mass is 10.0. The fourth-order valence-electron chi connectivity index (χ4n) is 3.46. The SMILES string of the molecule is Cn1cncc1CN[C@@H]1CC(=O)N(C2CC2)[C@H]1c1cccnc1. The number of aryl methyl sites for hydroxylation is 1. The Morgan fingerprint density at radius 1 is 1.30 bits per heavy atom. The summed E-state index contributed by atoms with van der Waals surface area (Å²) >= 11 is 0. The van der Waals surface area contributed by atoms with Crippen molar-refractivity contribution in [3.05, 3.63) is 48.3 Å². The summed E-state index contributed by atoms with van der Waals surface area (Å²) in [4.78, 5) is 23.0. The Hall–Kier alpha value is -2.21. The van der Waals surface area contributed by atoms with Crippen molar-refractivity contribution < 1.29 is 4.79 Å². The van der Waals surface area contributed by atoms with Crippen molar-refractivity contribution in [1.82, 2.24) is 24.8 Å². The Balaban J connectivity index is 1.57. The topological polar surface area (TPSA) is 63.1 Å². The highest BCUT2D eigenvalue weighted by Crippen LogP contribution is 2.41. The van der Waals surface area contributed by atoms with Gasteiger partial charge in [-0.1, -0.05) is 6.07 Å². The summed E-state index contributed by atoms with van der Waals surface area (Å²) in [5, 5.41) is 3.57. The van der Waals surface area contributed by atoms with Crippen LogP contribution in [-0.4, -0.2) is 37.4 Å². The monoisotopic (exact) mass is 311 g/mol. The molecule has 0 spiro atoms. The first kappa shape index (κ1) is 14.4. The van der Waals surface area contributed by atoms with Crippen molar-refractivity contribution in [1.29, 1.82) is 0 Å². The maximum Gasteiger partial charge on any atom is 0.225 e. The van der Waals surface area contributed by atoms with Crippen LogP contribution >= 0.6 is 0 Å². The zero-order valence-corrected chi connectivity index (χ0v) is 13.2. The molecule has 2 aliphatic rings. The van der Waals surface area contributed by atoms with Crippen molar-refractivity contribution in [2.24, 2.45) is 7.05 Å². The second-order valence-corrected chi connectivity index (χ2v) is 6.45. The number of likely N-dealkylation sites (tertiary alicyclic amines) is 1. The zero-order chi connectivity index (χ0) is 15.8. The molecule has 2 aromatic heterocycles. The second-order valence-electron chi connectivity index (χ2n) is 6.45. The molecule has 2 fully saturated rings. The molecule has 1 saturated carbocycles. The normalized spacial score (nSPS) is 24.4. The van der Waals surface area contributed by atoms with E-state index in [2.05, 4.69) is 26.3 Å². The highest BCUT2D eigenvalue weighted by atomic mass is 16.2. The van der Waals surface area contributed by atoms with Gasteiger partial charge in [-0.25, -0.2) is 4.98 Å². The first-order valence-electron chi connectivity index (χ1n) is 8.13. The van der Waals surface area contributed by atoms with E-state index in [1.807, 2.05) is 30.1 Å². The van der Waals surface area contributed by atoms with Crippen LogP contribution in [0.4, 0.5) is 0 Å². The minimum Gasteiger partial charge on any atom is -0.337 e. The third-order valence-corrected chi connectivity index (χ3v) is 4.79. The molecular formula is C17H21N5O. The first-order valence-corrected chi connectivity index (χ1v) is 8.13. The Bertz CT molecular complexity index is 694. The molecule has 0 unspecified atom stereocenters. The minimum absolute atomic E-state index is 0.0805. The number of nitrogens with zero attached hydrogens (tertiary/aromatic N) is 4. The molecule has 0 radical (unpaired) electrons. The minimum atomic E-state index is 0.0805. The van der Waals surface area contributed by atoms with Gasteiger partial charge < -0.3 is 14.8 Å². The number of nitrogens with one attached hydrogen (secondary N) is 1. The average molecular weight is 311 g/mol. The van der Waals surface area contributed by atoms with Gasteiger partial charge >= 0.3 is 0 Å². The van der Waals surface area contributed by atoms with E-state index < -0.39 is 0 Å². The predicted octanol–water partition coefficient (Wildman–Crippen LogP) is 1.41. The quantitative estimate of drug-likeness (QED) is 0.907. The highest BCUT2D eigenvalue weighted by molar-refractivity contribution is 5.81. The molecular weight excluding hydrogens is 290 g/mol. The number of carbonyl (C=O) groups excluding carboxylic acids is 1. The van der Waals surface area contributed by atoms with Gasteiger partial charge in [-0.05, 0) is 24.5 Å². The van der Waals surface area contributed by atoms with Gasteiger partial charge in [0.1, 0.15) is 0 Å². The second kappa shape index (κ2) is 5.77. The van der Waals surface area contributed by atoms with Gasteiger partial charge in [0.15, 0.2) is 0 Å². The maximum atomic E-state index is 12.5. The van der Waals surface area contributed by atoms with Crippen LogP contribution < -0.4 is 5.32 Å². The summed E-state index contributed by atoms with van der Waals surface area (Å²) in [5.41, 5.74) is 2.24. The average Bonchev–Trinajstić information content (AvgIpc) is 3.23. The summed E-state index contributed by atoms with van der Waals surface area (Å²) in [5.74, 6) is 0.254. The summed E-state index contributed by atoms with van der Waals surface area (Å²) in [6, 6.07) is 4.63. The van der Waals surface area contributed by atoms with Crippen LogP contribution in [0.1, 0.15) is 36.6 Å². The summed E-state index contributed by atoms with van der Waals surface area (Å²) in [6.07, 6.45) is 10.1. The molecule has 0 bridgehead atoms. The number of aromatic nitrogens is 3. The lowest BCUT2D eigenvalue weighted by molar-refractivity contribution is -0.129. The lowest BCUT2D eigenvalue weighted by Crippen LogP contribution is -2.37. The summed E-state index contributed by atoms with van der Waals surface area (Å²) in [6.45, 7) is 0.712. The van der Waals surface area contributed by atoms with Gasteiger partial charge in [0.25, 0.3) is 0 Å². The van der Waals surface area contributed by atoms with Gasteiger partial charge in [0, 0.05) is 50.7 Å². The fraction of sp³-hybridized carbons (Fsp3) is 0.471. The van der Waals surface area contributed by atoms with Crippen LogP contribution in [0.3, 0.4) is 0 Å². The van der Waals surface area contributed by atoms with Gasteiger partial charge in [-0.15, -0.1) is 0 Å². The number of carbonyl (C=O) groups is 1. The van der Waals surface area contributed by atoms with E-state index in [-0.39, 0.29) is 18.0 Å². The van der Waals surface area contributed by atoms with Crippen LogP contribution in [0.5, 0.6) is 0 Å². The summed E-state index contributed by atoms with van der Waals surface area (Å²) in [7, 11) is 1.99. The van der Waals surface area contributed by atoms with Crippen LogP contribution in [0.2, 0.25) is 0 Å². The number of rotatable bonds is 5. The molecule has 1 aliphatic carbocycles. The van der Waals surface area contributed by atoms with E-state index in [1.54, 1.807) is 12.5 Å². The van der Waals surface area contributed by atoms with Crippen LogP contribution in [0, 0.1) is 0 Å². The third-order valence-electron chi connectivity index (χ3n) is 4.79. The zero-order valence-electron chi connectivity index (χ0n) is 13.2. The Labute approximate surface area is 135 Å². The number of hydrogen-bond donors (Lipinski definition) is 1. The van der Waals surface area contributed by atoms with Crippen LogP contribution in [0.25, 0.3) is 0 Å². The van der Waals surface area contributed by atoms with Gasteiger partial charge in [-0.3, -0.25) is 9.78 Å². The molecule has 1 amide bonds. The number of amides is 1. The van der Waals surface area contributed by atoms with Crippen LogP contribution in [0.15, 0.2) is 37.1 Å². The number of imidazole rings is 1. The van der Waals surface area contributed by atoms with Gasteiger partial charge in [0.2, 0.25) is 5.91 Å². The molecule has 4 rings (SSSR count). The molecule has 2 aromatic rings. The molecule has 23 heavy (non-hydrogen) atoms. The van der Waals surface area contributed by atoms with Gasteiger partial charge in [0.05, 0.1) is 18.1 Å². The third kappa shape index (κ3) is 2.74. The summed E-state index contributed by atoms with van der Waals surface area (Å²) < 4.78 is 2.00. The highest BCUT2D eigenvalue weighted by Gasteiger charge is 2.47. The molecule has 1 saturated heterocycles. The lowest BCUT2D eigenvalue weighted by Gasteiger charge is -2.29. The fourth-order valence-corrected chi connectivity index (χ4v) is 3.46. The molecule has 120 valence electrons. The Morgan fingerprint density at radius 2 is 2.17 bits per heavy atom. The maximum absolute atomic E-state index is 12.5. The number of pyridine rings is 1. The van der Waals surface area contributed by atoms with E-state index in [0.717, 1.165) is 24.1 Å². The van der Waals surface area contributed by atoms with Crippen molar-refractivity contribution in [2.75, 3.05) is 0 Å². The Morgan fingerprint density at radius 3 is 2.83 bits per heavy atom. The largest absolute Gasteiger partial charge is 0.337 e. The van der Waals surface area contributed by atoms with Crippen molar-refractivity contribution in [3.63, 3.8) is 0 Å². The molecule has 6 heteroatoms. The van der Waals surface area contributed by atoms with Crippen LogP contribution in [-0.2, 0) is 18.4 Å². The molecule has 0 aromatic carbocycles. The van der Waals surface area contributed by atoms with E-state index in [9.17, 15) is 4.79 Å². The van der Waals surface area contributed by atoms with E-state index in [1.165, 1.54) is 0 Å². The van der Waals surface area contributed by atoms with E-state index in [4.69, 9.17) is 0 Å². The molecule has 1 aliphatic heterocycles. The van der Waals surface area contributed by atoms with Gasteiger partial charge in [-0.2, -0.15) is 0 Å². The molecule has 2 atom stereocenters. The number of hydrogen-bond acceptors (Lipinski definition) is 4. The molecule has 6 nitrogen and oxygen atoms in total. The molecule has 3 heterocycles. The van der Waals surface area contributed by atoms with Crippen molar-refractivity contribution in [2.45, 2.75) is 43.9 Å².